The maximum atomic E-state index is 6.50. The number of hydrogen-bond donors (Lipinski definition) is 4. The summed E-state index contributed by atoms with van der Waals surface area (Å²) in [6.45, 7) is 0. The molecule has 0 saturated carbocycles. The van der Waals surface area contributed by atoms with Crippen LogP contribution in [0.1, 0.15) is 0 Å². The van der Waals surface area contributed by atoms with Gasteiger partial charge in [0.1, 0.15) is 11.5 Å². The van der Waals surface area contributed by atoms with Gasteiger partial charge in [-0.2, -0.15) is 23.6 Å². The van der Waals surface area contributed by atoms with Gasteiger partial charge in [-0.25, -0.2) is 0 Å². The molecule has 32 heavy (non-hydrogen) atoms. The second-order valence-electron chi connectivity index (χ2n) is 7.30. The Bertz CT molecular complexity index is 1120. The highest BCUT2D eigenvalue weighted by Crippen LogP contribution is 2.80. The Morgan fingerprint density at radius 3 is 1.38 bits per heavy atom. The maximum absolute atomic E-state index is 6.50. The molecule has 0 bridgehead atoms. The molecule has 2 heterocycles. The van der Waals surface area contributed by atoms with Crippen LogP contribution in [-0.4, -0.2) is 47.3 Å². The summed E-state index contributed by atoms with van der Waals surface area (Å²) >= 11 is 0. The van der Waals surface area contributed by atoms with Crippen LogP contribution < -0.4 is 32.4 Å². The average Bonchev–Trinajstić information content (AvgIpc) is 2.86. The number of benzene rings is 2. The lowest BCUT2D eigenvalue weighted by Crippen LogP contribution is -2.38. The van der Waals surface area contributed by atoms with E-state index in [2.05, 4.69) is 0 Å². The molecule has 0 radical (unpaired) electrons. The standard InChI is InChI=1S/C16H28N11O2P3/c1-24(17)30(25(2)18)21-31(26(3)19,27(4)20)23-32(22-30)28-15-11-7-5-9-13(15)14-10-6-8-12-16(14)29-32/h5-12H,17-20H2,1-4H3. The van der Waals surface area contributed by atoms with E-state index < -0.39 is 22.7 Å². The molecule has 0 saturated heterocycles. The zero-order valence-corrected chi connectivity index (χ0v) is 20.9. The molecule has 16 heteroatoms. The first-order valence-electron chi connectivity index (χ1n) is 9.50. The number of nitrogens with two attached hydrogens (primary N) is 4. The highest BCUT2D eigenvalue weighted by molar-refractivity contribution is 7.81. The van der Waals surface area contributed by atoms with Gasteiger partial charge in [0.2, 0.25) is 0 Å². The van der Waals surface area contributed by atoms with E-state index in [9.17, 15) is 0 Å². The molecule has 1 spiro atoms. The topological polar surface area (TPSA) is 173 Å². The summed E-state index contributed by atoms with van der Waals surface area (Å²) in [7, 11) is -3.27. The van der Waals surface area contributed by atoms with E-state index in [0.717, 1.165) is 11.1 Å². The summed E-state index contributed by atoms with van der Waals surface area (Å²) in [5, 5.41) is 0. The van der Waals surface area contributed by atoms with Gasteiger partial charge in [-0.05, 0) is 12.1 Å². The first kappa shape index (κ1) is 23.6. The fourth-order valence-electron chi connectivity index (χ4n) is 3.35. The van der Waals surface area contributed by atoms with Crippen LogP contribution in [0.3, 0.4) is 0 Å². The van der Waals surface area contributed by atoms with Crippen LogP contribution in [0.4, 0.5) is 0 Å². The highest BCUT2D eigenvalue weighted by atomic mass is 31.3. The van der Waals surface area contributed by atoms with Gasteiger partial charge in [0.15, 0.2) is 0 Å². The minimum absolute atomic E-state index is 0.565. The average molecular weight is 499 g/mol. The fourth-order valence-corrected chi connectivity index (χ4v) is 14.8. The van der Waals surface area contributed by atoms with Gasteiger partial charge in [0.25, 0.3) is 15.0 Å². The summed E-state index contributed by atoms with van der Waals surface area (Å²) < 4.78 is 33.2. The predicted octanol–water partition coefficient (Wildman–Crippen LogP) is 3.20. The molecule has 0 amide bonds. The molecular weight excluding hydrogens is 471 g/mol. The van der Waals surface area contributed by atoms with Crippen LogP contribution in [0.25, 0.3) is 11.1 Å². The largest absolute Gasteiger partial charge is 0.454 e. The summed E-state index contributed by atoms with van der Waals surface area (Å²) in [6.07, 6.45) is 0. The third-order valence-electron chi connectivity index (χ3n) is 4.90. The number of rotatable bonds is 4. The van der Waals surface area contributed by atoms with Gasteiger partial charge in [-0.1, -0.05) is 36.4 Å². The van der Waals surface area contributed by atoms with Crippen LogP contribution in [0, 0.1) is 0 Å². The van der Waals surface area contributed by atoms with Crippen molar-refractivity contribution in [1.82, 2.24) is 19.1 Å². The minimum Gasteiger partial charge on any atom is -0.413 e. The van der Waals surface area contributed by atoms with Crippen LogP contribution in [0.2, 0.25) is 0 Å². The Morgan fingerprint density at radius 1 is 0.594 bits per heavy atom. The molecule has 13 nitrogen and oxygen atoms in total. The third-order valence-corrected chi connectivity index (χ3v) is 14.8. The van der Waals surface area contributed by atoms with E-state index in [4.69, 9.17) is 46.0 Å². The first-order chi connectivity index (χ1) is 15.1. The summed E-state index contributed by atoms with van der Waals surface area (Å²) in [4.78, 5) is 0. The fraction of sp³-hybridized carbons (Fsp3) is 0.250. The number of hydrogen-bond acceptors (Lipinski definition) is 13. The number of nitrogens with zero attached hydrogens (tertiary/aromatic N) is 7. The monoisotopic (exact) mass is 499 g/mol. The first-order valence-corrected chi connectivity index (χ1v) is 14.2. The van der Waals surface area contributed by atoms with Gasteiger partial charge in [0.05, 0.1) is 0 Å². The summed E-state index contributed by atoms with van der Waals surface area (Å²) in [6, 6.07) is 15.2. The van der Waals surface area contributed by atoms with Gasteiger partial charge >= 0.3 is 7.66 Å². The van der Waals surface area contributed by atoms with Crippen molar-refractivity contribution in [2.24, 2.45) is 36.9 Å². The lowest BCUT2D eigenvalue weighted by molar-refractivity contribution is 0.452. The number of fused-ring (bicyclic) bond motifs is 3. The molecule has 0 atom stereocenters. The van der Waals surface area contributed by atoms with E-state index in [1.54, 1.807) is 28.2 Å². The Hall–Kier alpha value is -1.59. The van der Waals surface area contributed by atoms with Gasteiger partial charge < -0.3 is 9.05 Å². The molecule has 2 aliphatic heterocycles. The van der Waals surface area contributed by atoms with Gasteiger partial charge in [-0.15, -0.1) is 9.03 Å². The lowest BCUT2D eigenvalue weighted by Gasteiger charge is -2.42. The Balaban J connectivity index is 2.15. The normalized spacial score (nSPS) is 19.9. The molecule has 2 aromatic carbocycles. The van der Waals surface area contributed by atoms with Crippen LogP contribution in [-0.2, 0) is 0 Å². The summed E-state index contributed by atoms with van der Waals surface area (Å²) in [5.41, 5.74) is 1.70. The molecule has 4 rings (SSSR count). The maximum Gasteiger partial charge on any atom is 0.454 e. The number of para-hydroxylation sites is 2. The molecule has 0 fully saturated rings. The molecule has 0 unspecified atom stereocenters. The van der Waals surface area contributed by atoms with Crippen molar-refractivity contribution in [1.29, 1.82) is 0 Å². The smallest absolute Gasteiger partial charge is 0.413 e. The van der Waals surface area contributed by atoms with E-state index in [1.807, 2.05) is 48.5 Å². The second-order valence-corrected chi connectivity index (χ2v) is 15.5. The van der Waals surface area contributed by atoms with Crippen LogP contribution in [0.15, 0.2) is 62.1 Å². The van der Waals surface area contributed by atoms with Crippen molar-refractivity contribution in [3.05, 3.63) is 48.5 Å². The van der Waals surface area contributed by atoms with Crippen molar-refractivity contribution in [3.63, 3.8) is 0 Å². The number of hydrazine groups is 4. The SMILES string of the molecule is CN(N)P1(N(C)N)=NP2(=NP(N(C)N)(N(C)N)=N1)Oc1ccccc1-c1ccccc1O2. The van der Waals surface area contributed by atoms with E-state index >= 15 is 0 Å². The zero-order valence-electron chi connectivity index (χ0n) is 18.2. The predicted molar refractivity (Wildman–Crippen MR) is 129 cm³/mol. The third kappa shape index (κ3) is 3.66. The molecule has 2 aromatic rings. The van der Waals surface area contributed by atoms with Crippen LogP contribution >= 0.6 is 22.7 Å². The quantitative estimate of drug-likeness (QED) is 0.278. The minimum atomic E-state index is -3.48. The van der Waals surface area contributed by atoms with Crippen molar-refractivity contribution in [2.75, 3.05) is 28.2 Å². The molecule has 0 aromatic heterocycles. The Kier molecular flexibility index (Phi) is 6.13. The zero-order chi connectivity index (χ0) is 23.3. The molecular formula is C16H28N11O2P3. The van der Waals surface area contributed by atoms with Crippen molar-refractivity contribution < 1.29 is 9.05 Å². The lowest BCUT2D eigenvalue weighted by atomic mass is 10.0. The van der Waals surface area contributed by atoms with Crippen molar-refractivity contribution in [3.8, 4) is 22.6 Å². The van der Waals surface area contributed by atoms with E-state index in [0.29, 0.717) is 11.5 Å². The Morgan fingerprint density at radius 2 is 0.969 bits per heavy atom. The highest BCUT2D eigenvalue weighted by Gasteiger charge is 2.48. The molecule has 2 aliphatic rings. The molecule has 8 N–H and O–H groups in total. The second kappa shape index (κ2) is 8.32. The van der Waals surface area contributed by atoms with Crippen molar-refractivity contribution in [2.45, 2.75) is 0 Å². The van der Waals surface area contributed by atoms with Crippen molar-refractivity contribution >= 4 is 22.7 Å². The Labute approximate surface area is 187 Å². The summed E-state index contributed by atoms with van der Waals surface area (Å²) in [5.74, 6) is 26.3. The van der Waals surface area contributed by atoms with Crippen LogP contribution in [0.5, 0.6) is 11.5 Å². The van der Waals surface area contributed by atoms with E-state index in [-0.39, 0.29) is 0 Å². The van der Waals surface area contributed by atoms with Gasteiger partial charge in [-0.3, -0.25) is 23.4 Å². The van der Waals surface area contributed by atoms with E-state index in [1.165, 1.54) is 19.1 Å². The molecule has 174 valence electrons. The van der Waals surface area contributed by atoms with Gasteiger partial charge in [0, 0.05) is 39.3 Å². The molecule has 0 aliphatic carbocycles.